The first-order chi connectivity index (χ1) is 8.76. The number of nitrogens with one attached hydrogen (secondary N) is 1. The van der Waals surface area contributed by atoms with Gasteiger partial charge in [0, 0.05) is 32.2 Å². The molecule has 1 aliphatic heterocycles. The number of aromatic nitrogens is 2. The molecule has 2 heterocycles. The average Bonchev–Trinajstić information content (AvgIpc) is 2.57. The van der Waals surface area contributed by atoms with Crippen LogP contribution in [-0.2, 0) is 17.1 Å². The van der Waals surface area contributed by atoms with Gasteiger partial charge in [0.2, 0.25) is 10.0 Å². The lowest BCUT2D eigenvalue weighted by Gasteiger charge is -2.37. The zero-order valence-corrected chi connectivity index (χ0v) is 13.0. The van der Waals surface area contributed by atoms with Gasteiger partial charge in [0.05, 0.1) is 11.4 Å². The van der Waals surface area contributed by atoms with E-state index >= 15 is 0 Å². The smallest absolute Gasteiger partial charge is 0.247 e. The van der Waals surface area contributed by atoms with Gasteiger partial charge in [-0.2, -0.15) is 9.40 Å². The molecule has 0 amide bonds. The van der Waals surface area contributed by atoms with E-state index in [1.165, 1.54) is 0 Å². The summed E-state index contributed by atoms with van der Waals surface area (Å²) in [6.45, 7) is 8.68. The van der Waals surface area contributed by atoms with Gasteiger partial charge in [0.15, 0.2) is 0 Å². The maximum absolute atomic E-state index is 12.8. The lowest BCUT2D eigenvalue weighted by Crippen LogP contribution is -2.57. The van der Waals surface area contributed by atoms with E-state index in [0.29, 0.717) is 29.4 Å². The second kappa shape index (κ2) is 4.88. The van der Waals surface area contributed by atoms with Crippen molar-refractivity contribution in [1.29, 1.82) is 0 Å². The van der Waals surface area contributed by atoms with Crippen molar-refractivity contribution in [2.24, 2.45) is 7.05 Å². The van der Waals surface area contributed by atoms with E-state index in [-0.39, 0.29) is 12.1 Å². The van der Waals surface area contributed by atoms with Gasteiger partial charge in [0.25, 0.3) is 0 Å². The molecule has 2 unspecified atom stereocenters. The van der Waals surface area contributed by atoms with Crippen LogP contribution in [0.4, 0.5) is 0 Å². The fourth-order valence-corrected chi connectivity index (χ4v) is 4.72. The Labute approximate surface area is 114 Å². The Morgan fingerprint density at radius 2 is 1.95 bits per heavy atom. The molecular weight excluding hydrogens is 264 g/mol. The normalized spacial score (nSPS) is 25.7. The highest BCUT2D eigenvalue weighted by molar-refractivity contribution is 7.89. The molecule has 0 radical (unpaired) electrons. The van der Waals surface area contributed by atoms with Gasteiger partial charge in [-0.1, -0.05) is 0 Å². The van der Waals surface area contributed by atoms with Crippen molar-refractivity contribution in [2.45, 2.75) is 44.7 Å². The lowest BCUT2D eigenvalue weighted by atomic mass is 10.1. The summed E-state index contributed by atoms with van der Waals surface area (Å²) in [5.41, 5.74) is 1.26. The third-order valence-corrected chi connectivity index (χ3v) is 6.22. The molecule has 1 fully saturated rings. The second-order valence-electron chi connectivity index (χ2n) is 5.22. The number of hydrogen-bond acceptors (Lipinski definition) is 4. The van der Waals surface area contributed by atoms with Gasteiger partial charge in [-0.05, 0) is 27.7 Å². The van der Waals surface area contributed by atoms with Gasteiger partial charge < -0.3 is 5.32 Å². The molecule has 0 aromatic carbocycles. The van der Waals surface area contributed by atoms with E-state index in [0.717, 1.165) is 0 Å². The average molecular weight is 286 g/mol. The first kappa shape index (κ1) is 14.5. The van der Waals surface area contributed by atoms with Crippen molar-refractivity contribution in [2.75, 3.05) is 13.1 Å². The number of rotatable bonds is 2. The summed E-state index contributed by atoms with van der Waals surface area (Å²) in [7, 11) is -1.71. The Morgan fingerprint density at radius 1 is 1.32 bits per heavy atom. The van der Waals surface area contributed by atoms with Crippen LogP contribution in [-0.4, -0.2) is 47.7 Å². The van der Waals surface area contributed by atoms with Crippen LogP contribution in [0.15, 0.2) is 4.90 Å². The largest absolute Gasteiger partial charge is 0.311 e. The zero-order valence-electron chi connectivity index (χ0n) is 12.1. The number of hydrogen-bond donors (Lipinski definition) is 1. The van der Waals surface area contributed by atoms with Gasteiger partial charge in [0.1, 0.15) is 4.90 Å². The Morgan fingerprint density at radius 3 is 2.47 bits per heavy atom. The topological polar surface area (TPSA) is 67.2 Å². The van der Waals surface area contributed by atoms with Crippen LogP contribution in [0.1, 0.15) is 25.2 Å². The van der Waals surface area contributed by atoms with Crippen molar-refractivity contribution >= 4 is 10.0 Å². The Bertz CT molecular complexity index is 579. The van der Waals surface area contributed by atoms with Crippen molar-refractivity contribution < 1.29 is 8.42 Å². The minimum Gasteiger partial charge on any atom is -0.311 e. The van der Waals surface area contributed by atoms with Crippen LogP contribution in [0.5, 0.6) is 0 Å². The molecule has 6 nitrogen and oxygen atoms in total. The summed E-state index contributed by atoms with van der Waals surface area (Å²) in [5.74, 6) is 0. The number of sulfonamides is 1. The maximum Gasteiger partial charge on any atom is 0.247 e. The number of nitrogens with zero attached hydrogens (tertiary/aromatic N) is 3. The highest BCUT2D eigenvalue weighted by Gasteiger charge is 2.37. The van der Waals surface area contributed by atoms with Gasteiger partial charge in [-0.15, -0.1) is 0 Å². The summed E-state index contributed by atoms with van der Waals surface area (Å²) in [6, 6.07) is 0.0959. The molecule has 2 rings (SSSR count). The zero-order chi connectivity index (χ0) is 14.4. The van der Waals surface area contributed by atoms with Crippen LogP contribution < -0.4 is 5.32 Å². The van der Waals surface area contributed by atoms with Crippen LogP contribution in [0.3, 0.4) is 0 Å². The Kier molecular flexibility index (Phi) is 3.72. The van der Waals surface area contributed by atoms with Crippen molar-refractivity contribution in [3.63, 3.8) is 0 Å². The highest BCUT2D eigenvalue weighted by atomic mass is 32.2. The fraction of sp³-hybridized carbons (Fsp3) is 0.750. The molecule has 0 spiro atoms. The van der Waals surface area contributed by atoms with E-state index in [9.17, 15) is 8.42 Å². The number of piperazine rings is 1. The third-order valence-electron chi connectivity index (χ3n) is 3.99. The van der Waals surface area contributed by atoms with Crippen LogP contribution in [0.2, 0.25) is 0 Å². The van der Waals surface area contributed by atoms with E-state index in [1.54, 1.807) is 29.9 Å². The molecule has 0 bridgehead atoms. The maximum atomic E-state index is 12.8. The Hall–Kier alpha value is -0.920. The van der Waals surface area contributed by atoms with Gasteiger partial charge >= 0.3 is 0 Å². The first-order valence-electron chi connectivity index (χ1n) is 6.52. The van der Waals surface area contributed by atoms with Gasteiger partial charge in [-0.25, -0.2) is 8.42 Å². The molecule has 7 heteroatoms. The molecule has 1 aromatic rings. The quantitative estimate of drug-likeness (QED) is 0.855. The predicted octanol–water partition coefficient (Wildman–Crippen LogP) is 0.408. The van der Waals surface area contributed by atoms with Crippen LogP contribution >= 0.6 is 0 Å². The molecular formula is C12H22N4O2S. The molecule has 108 valence electrons. The molecule has 0 saturated carbocycles. The second-order valence-corrected chi connectivity index (χ2v) is 7.05. The summed E-state index contributed by atoms with van der Waals surface area (Å²) >= 11 is 0. The summed E-state index contributed by atoms with van der Waals surface area (Å²) < 4.78 is 28.9. The van der Waals surface area contributed by atoms with E-state index < -0.39 is 10.0 Å². The first-order valence-corrected chi connectivity index (χ1v) is 7.96. The summed E-state index contributed by atoms with van der Waals surface area (Å²) in [4.78, 5) is 0.357. The van der Waals surface area contributed by atoms with E-state index in [4.69, 9.17) is 0 Å². The lowest BCUT2D eigenvalue weighted by molar-refractivity contribution is 0.232. The molecule has 1 aliphatic rings. The minimum absolute atomic E-state index is 0.0576. The van der Waals surface area contributed by atoms with Crippen LogP contribution in [0.25, 0.3) is 0 Å². The molecule has 1 N–H and O–H groups in total. The highest BCUT2D eigenvalue weighted by Crippen LogP contribution is 2.26. The predicted molar refractivity (Wildman–Crippen MR) is 73.5 cm³/mol. The van der Waals surface area contributed by atoms with E-state index in [2.05, 4.69) is 10.4 Å². The monoisotopic (exact) mass is 286 g/mol. The van der Waals surface area contributed by atoms with Crippen molar-refractivity contribution in [3.05, 3.63) is 11.4 Å². The van der Waals surface area contributed by atoms with Crippen LogP contribution in [0, 0.1) is 13.8 Å². The molecule has 0 aliphatic carbocycles. The standard InChI is InChI=1S/C12H22N4O2S/c1-8-10(3)16(7-6-13-8)19(17,18)12-9(2)14-15(5)11(12)4/h8,10,13H,6-7H2,1-5H3. The molecule has 19 heavy (non-hydrogen) atoms. The Balaban J connectivity index is 2.48. The summed E-state index contributed by atoms with van der Waals surface area (Å²) in [5, 5.41) is 7.50. The van der Waals surface area contributed by atoms with E-state index in [1.807, 2.05) is 13.8 Å². The van der Waals surface area contributed by atoms with Crippen molar-refractivity contribution in [1.82, 2.24) is 19.4 Å². The molecule has 1 saturated heterocycles. The SMILES string of the molecule is Cc1nn(C)c(C)c1S(=O)(=O)N1CCNC(C)C1C. The van der Waals surface area contributed by atoms with Gasteiger partial charge in [-0.3, -0.25) is 4.68 Å². The fourth-order valence-electron chi connectivity index (χ4n) is 2.61. The molecule has 1 aromatic heterocycles. The number of aryl methyl sites for hydroxylation is 2. The third kappa shape index (κ3) is 2.30. The summed E-state index contributed by atoms with van der Waals surface area (Å²) in [6.07, 6.45) is 0. The molecule has 2 atom stereocenters. The minimum atomic E-state index is -3.47. The van der Waals surface area contributed by atoms with Crippen molar-refractivity contribution in [3.8, 4) is 0 Å².